The van der Waals surface area contributed by atoms with Crippen molar-refractivity contribution >= 4 is 11.4 Å². The Balaban J connectivity index is 1.84. The molecule has 4 heteroatoms. The fourth-order valence-corrected chi connectivity index (χ4v) is 3.64. The normalized spacial score (nSPS) is 29.5. The summed E-state index contributed by atoms with van der Waals surface area (Å²) in [5.41, 5.74) is 1.66. The van der Waals surface area contributed by atoms with Crippen LogP contribution < -0.4 is 5.32 Å². The van der Waals surface area contributed by atoms with Crippen molar-refractivity contribution in [3.63, 3.8) is 0 Å². The molecule has 3 atom stereocenters. The molecule has 0 aromatic heterocycles. The molecule has 1 aromatic carbocycles. The summed E-state index contributed by atoms with van der Waals surface area (Å²) >= 11 is 0. The van der Waals surface area contributed by atoms with E-state index in [1.807, 2.05) is 12.1 Å². The summed E-state index contributed by atoms with van der Waals surface area (Å²) in [6.07, 6.45) is 5.10. The minimum absolute atomic E-state index is 0.236. The van der Waals surface area contributed by atoms with E-state index in [4.69, 9.17) is 0 Å². The summed E-state index contributed by atoms with van der Waals surface area (Å²) in [4.78, 5) is 10.9. The number of para-hydroxylation sites is 1. The third-order valence-electron chi connectivity index (χ3n) is 4.50. The zero-order valence-corrected chi connectivity index (χ0v) is 10.6. The van der Waals surface area contributed by atoms with Gasteiger partial charge in [0.15, 0.2) is 0 Å². The van der Waals surface area contributed by atoms with Gasteiger partial charge in [0, 0.05) is 11.6 Å². The maximum atomic E-state index is 11.1. The number of nitro groups is 1. The zero-order chi connectivity index (χ0) is 12.7. The van der Waals surface area contributed by atoms with E-state index in [-0.39, 0.29) is 10.6 Å². The number of hydrogen-bond acceptors (Lipinski definition) is 3. The summed E-state index contributed by atoms with van der Waals surface area (Å²) in [6.45, 7) is 1.80. The third-order valence-corrected chi connectivity index (χ3v) is 4.50. The number of rotatable bonds is 3. The Hall–Kier alpha value is -1.58. The van der Waals surface area contributed by atoms with Crippen molar-refractivity contribution < 1.29 is 4.92 Å². The highest BCUT2D eigenvalue weighted by Gasteiger charge is 2.40. The molecule has 2 fully saturated rings. The van der Waals surface area contributed by atoms with Gasteiger partial charge in [-0.3, -0.25) is 10.1 Å². The summed E-state index contributed by atoms with van der Waals surface area (Å²) in [5.74, 6) is 1.56. The highest BCUT2D eigenvalue weighted by Crippen LogP contribution is 2.46. The van der Waals surface area contributed by atoms with Crippen LogP contribution in [0.4, 0.5) is 11.4 Å². The van der Waals surface area contributed by atoms with E-state index in [2.05, 4.69) is 5.32 Å². The number of benzene rings is 1. The van der Waals surface area contributed by atoms with Gasteiger partial charge >= 0.3 is 0 Å². The lowest BCUT2D eigenvalue weighted by molar-refractivity contribution is -0.384. The van der Waals surface area contributed by atoms with Gasteiger partial charge in [0.05, 0.1) is 4.92 Å². The van der Waals surface area contributed by atoms with E-state index in [0.29, 0.717) is 11.7 Å². The molecule has 2 bridgehead atoms. The lowest BCUT2D eigenvalue weighted by Crippen LogP contribution is -2.26. The molecule has 0 radical (unpaired) electrons. The predicted molar refractivity (Wildman–Crippen MR) is 70.7 cm³/mol. The van der Waals surface area contributed by atoms with E-state index >= 15 is 0 Å². The van der Waals surface area contributed by atoms with E-state index in [0.717, 1.165) is 17.4 Å². The van der Waals surface area contributed by atoms with E-state index in [9.17, 15) is 10.1 Å². The molecular weight excluding hydrogens is 228 g/mol. The smallest absolute Gasteiger partial charge is 0.295 e. The Bertz CT molecular complexity index is 487. The maximum Gasteiger partial charge on any atom is 0.295 e. The Kier molecular flexibility index (Phi) is 2.73. The van der Waals surface area contributed by atoms with E-state index in [1.165, 1.54) is 25.7 Å². The van der Waals surface area contributed by atoms with Crippen molar-refractivity contribution in [3.8, 4) is 0 Å². The first-order chi connectivity index (χ1) is 8.65. The number of fused-ring (bicyclic) bond motifs is 2. The Labute approximate surface area is 107 Å². The molecule has 2 aliphatic rings. The maximum absolute atomic E-state index is 11.1. The van der Waals surface area contributed by atoms with E-state index < -0.39 is 0 Å². The van der Waals surface area contributed by atoms with Crippen molar-refractivity contribution in [1.29, 1.82) is 0 Å². The Morgan fingerprint density at radius 3 is 2.78 bits per heavy atom. The average molecular weight is 246 g/mol. The van der Waals surface area contributed by atoms with Gasteiger partial charge in [0.2, 0.25) is 0 Å². The lowest BCUT2D eigenvalue weighted by Gasteiger charge is -2.24. The number of hydrogen-bond donors (Lipinski definition) is 1. The summed E-state index contributed by atoms with van der Waals surface area (Å²) in [7, 11) is 0. The average Bonchev–Trinajstić information content (AvgIpc) is 2.90. The van der Waals surface area contributed by atoms with Crippen LogP contribution in [-0.4, -0.2) is 11.0 Å². The van der Waals surface area contributed by atoms with Gasteiger partial charge in [-0.2, -0.15) is 0 Å². The van der Waals surface area contributed by atoms with Crippen LogP contribution >= 0.6 is 0 Å². The molecule has 1 N–H and O–H groups in total. The SMILES string of the molecule is Cc1cccc(NC2CC3CCC2C3)c1[N+](=O)[O-]. The summed E-state index contributed by atoms with van der Waals surface area (Å²) in [5, 5.41) is 14.6. The van der Waals surface area contributed by atoms with Crippen LogP contribution in [0.25, 0.3) is 0 Å². The van der Waals surface area contributed by atoms with Crippen LogP contribution in [0.2, 0.25) is 0 Å². The van der Waals surface area contributed by atoms with Crippen LogP contribution in [0.5, 0.6) is 0 Å². The minimum Gasteiger partial charge on any atom is -0.376 e. The Morgan fingerprint density at radius 1 is 1.33 bits per heavy atom. The van der Waals surface area contributed by atoms with Crippen LogP contribution in [-0.2, 0) is 0 Å². The molecule has 0 saturated heterocycles. The highest BCUT2D eigenvalue weighted by atomic mass is 16.6. The van der Waals surface area contributed by atoms with E-state index in [1.54, 1.807) is 13.0 Å². The van der Waals surface area contributed by atoms with Crippen LogP contribution in [0.15, 0.2) is 18.2 Å². The van der Waals surface area contributed by atoms with Gasteiger partial charge in [-0.1, -0.05) is 18.6 Å². The molecule has 0 amide bonds. The summed E-state index contributed by atoms with van der Waals surface area (Å²) in [6, 6.07) is 5.95. The minimum atomic E-state index is -0.273. The van der Waals surface area contributed by atoms with Crippen molar-refractivity contribution in [2.75, 3.05) is 5.32 Å². The first-order valence-electron chi connectivity index (χ1n) is 6.65. The number of nitrogens with one attached hydrogen (secondary N) is 1. The molecule has 0 spiro atoms. The fourth-order valence-electron chi connectivity index (χ4n) is 3.64. The fraction of sp³-hybridized carbons (Fsp3) is 0.571. The van der Waals surface area contributed by atoms with Gasteiger partial charge in [-0.25, -0.2) is 0 Å². The molecule has 96 valence electrons. The Morgan fingerprint density at radius 2 is 2.17 bits per heavy atom. The molecule has 1 aromatic rings. The van der Waals surface area contributed by atoms with Gasteiger partial charge in [-0.15, -0.1) is 0 Å². The van der Waals surface area contributed by atoms with Crippen molar-refractivity contribution in [1.82, 2.24) is 0 Å². The topological polar surface area (TPSA) is 55.2 Å². The van der Waals surface area contributed by atoms with Crippen LogP contribution in [0.1, 0.15) is 31.2 Å². The molecule has 0 heterocycles. The van der Waals surface area contributed by atoms with Crippen molar-refractivity contribution in [2.24, 2.45) is 11.8 Å². The second kappa shape index (κ2) is 4.26. The van der Waals surface area contributed by atoms with Crippen LogP contribution in [0.3, 0.4) is 0 Å². The third kappa shape index (κ3) is 1.85. The largest absolute Gasteiger partial charge is 0.376 e. The number of nitro benzene ring substituents is 1. The molecule has 18 heavy (non-hydrogen) atoms. The van der Waals surface area contributed by atoms with Gasteiger partial charge in [0.1, 0.15) is 5.69 Å². The number of nitrogens with zero attached hydrogens (tertiary/aromatic N) is 1. The first kappa shape index (κ1) is 11.5. The molecule has 2 saturated carbocycles. The standard InChI is InChI=1S/C14H18N2O2/c1-9-3-2-4-12(14(9)16(17)18)15-13-8-10-5-6-11(13)7-10/h2-4,10-11,13,15H,5-8H2,1H3. The van der Waals surface area contributed by atoms with Crippen molar-refractivity contribution in [2.45, 2.75) is 38.6 Å². The quantitative estimate of drug-likeness (QED) is 0.656. The zero-order valence-electron chi connectivity index (χ0n) is 10.6. The van der Waals surface area contributed by atoms with Gasteiger partial charge in [-0.05, 0) is 44.1 Å². The second-order valence-electron chi connectivity index (χ2n) is 5.65. The highest BCUT2D eigenvalue weighted by molar-refractivity contribution is 5.65. The number of aryl methyl sites for hydroxylation is 1. The van der Waals surface area contributed by atoms with Gasteiger partial charge < -0.3 is 5.32 Å². The summed E-state index contributed by atoms with van der Waals surface area (Å²) < 4.78 is 0. The van der Waals surface area contributed by atoms with Gasteiger partial charge in [0.25, 0.3) is 5.69 Å². The first-order valence-corrected chi connectivity index (χ1v) is 6.65. The lowest BCUT2D eigenvalue weighted by atomic mass is 9.95. The van der Waals surface area contributed by atoms with Crippen LogP contribution in [0, 0.1) is 28.9 Å². The molecule has 3 unspecified atom stereocenters. The van der Waals surface area contributed by atoms with Crippen molar-refractivity contribution in [3.05, 3.63) is 33.9 Å². The molecule has 2 aliphatic carbocycles. The molecule has 0 aliphatic heterocycles. The second-order valence-corrected chi connectivity index (χ2v) is 5.65. The molecular formula is C14H18N2O2. The number of anilines is 1. The predicted octanol–water partition coefficient (Wildman–Crippen LogP) is 3.50. The monoisotopic (exact) mass is 246 g/mol. The molecule has 4 nitrogen and oxygen atoms in total. The molecule has 3 rings (SSSR count).